The summed E-state index contributed by atoms with van der Waals surface area (Å²) in [6.07, 6.45) is 7.86. The molecule has 4 heteroatoms. The van der Waals surface area contributed by atoms with E-state index in [1.165, 1.54) is 30.7 Å². The minimum atomic E-state index is 0.494. The van der Waals surface area contributed by atoms with Gasteiger partial charge in [0.15, 0.2) is 0 Å². The predicted molar refractivity (Wildman–Crippen MR) is 77.4 cm³/mol. The van der Waals surface area contributed by atoms with Gasteiger partial charge in [0.05, 0.1) is 22.7 Å². The van der Waals surface area contributed by atoms with Crippen LogP contribution in [0.5, 0.6) is 0 Å². The van der Waals surface area contributed by atoms with E-state index in [4.69, 9.17) is 16.3 Å². The normalized spacial score (nSPS) is 24.3. The summed E-state index contributed by atoms with van der Waals surface area (Å²) in [7, 11) is 0. The highest BCUT2D eigenvalue weighted by Crippen LogP contribution is 2.26. The van der Waals surface area contributed by atoms with E-state index in [0.717, 1.165) is 31.1 Å². The van der Waals surface area contributed by atoms with Gasteiger partial charge in [-0.15, -0.1) is 22.9 Å². The molecule has 102 valence electrons. The molecule has 1 aromatic heterocycles. The van der Waals surface area contributed by atoms with Gasteiger partial charge in [-0.1, -0.05) is 19.8 Å². The number of alkyl halides is 1. The van der Waals surface area contributed by atoms with Crippen molar-refractivity contribution in [1.82, 2.24) is 4.98 Å². The first-order valence-corrected chi connectivity index (χ1v) is 8.32. The van der Waals surface area contributed by atoms with Crippen LogP contribution >= 0.6 is 22.9 Å². The van der Waals surface area contributed by atoms with Crippen molar-refractivity contribution in [2.24, 2.45) is 5.92 Å². The number of ether oxygens (including phenoxy) is 1. The molecule has 18 heavy (non-hydrogen) atoms. The van der Waals surface area contributed by atoms with E-state index in [0.29, 0.717) is 12.0 Å². The molecule has 0 saturated heterocycles. The van der Waals surface area contributed by atoms with Gasteiger partial charge >= 0.3 is 0 Å². The third-order valence-corrected chi connectivity index (χ3v) is 4.87. The Kier molecular flexibility index (Phi) is 5.93. The van der Waals surface area contributed by atoms with E-state index in [9.17, 15) is 0 Å². The van der Waals surface area contributed by atoms with Crippen LogP contribution in [0.2, 0.25) is 0 Å². The Morgan fingerprint density at radius 2 is 2.28 bits per heavy atom. The zero-order valence-corrected chi connectivity index (χ0v) is 12.6. The molecular weight excluding hydrogens is 266 g/mol. The molecule has 1 aliphatic rings. The van der Waals surface area contributed by atoms with Crippen LogP contribution in [-0.2, 0) is 17.0 Å². The van der Waals surface area contributed by atoms with Gasteiger partial charge in [-0.2, -0.15) is 0 Å². The Labute approximate surface area is 119 Å². The number of halogens is 1. The van der Waals surface area contributed by atoms with E-state index >= 15 is 0 Å². The number of hydrogen-bond donors (Lipinski definition) is 0. The molecule has 2 nitrogen and oxygen atoms in total. The van der Waals surface area contributed by atoms with Gasteiger partial charge in [-0.25, -0.2) is 4.98 Å². The average Bonchev–Trinajstić information content (AvgIpc) is 2.84. The molecular formula is C14H22ClNOS. The molecule has 1 saturated carbocycles. The number of aromatic nitrogens is 1. The van der Waals surface area contributed by atoms with Gasteiger partial charge in [0.1, 0.15) is 0 Å². The number of hydrogen-bond acceptors (Lipinski definition) is 3. The molecule has 1 aromatic rings. The zero-order valence-electron chi connectivity index (χ0n) is 11.0. The molecule has 0 radical (unpaired) electrons. The largest absolute Gasteiger partial charge is 0.378 e. The molecule has 0 amide bonds. The lowest BCUT2D eigenvalue weighted by Gasteiger charge is -2.28. The Balaban J connectivity index is 1.63. The van der Waals surface area contributed by atoms with E-state index < -0.39 is 0 Å². The van der Waals surface area contributed by atoms with Crippen molar-refractivity contribution in [2.45, 2.75) is 57.4 Å². The van der Waals surface area contributed by atoms with Gasteiger partial charge in [0.25, 0.3) is 0 Å². The Hall–Kier alpha value is -0.120. The molecule has 0 spiro atoms. The van der Waals surface area contributed by atoms with Gasteiger partial charge in [0, 0.05) is 18.4 Å². The van der Waals surface area contributed by atoms with Gasteiger partial charge in [-0.3, -0.25) is 0 Å². The van der Waals surface area contributed by atoms with E-state index in [1.807, 2.05) is 5.38 Å². The minimum absolute atomic E-state index is 0.494. The number of aryl methyl sites for hydroxylation is 1. The quantitative estimate of drug-likeness (QED) is 0.571. The van der Waals surface area contributed by atoms with Gasteiger partial charge < -0.3 is 4.74 Å². The first-order valence-electron chi connectivity index (χ1n) is 6.90. The van der Waals surface area contributed by atoms with Crippen LogP contribution in [0.1, 0.15) is 49.7 Å². The number of thiazole rings is 1. The highest BCUT2D eigenvalue weighted by molar-refractivity contribution is 7.09. The van der Waals surface area contributed by atoms with Crippen LogP contribution in [-0.4, -0.2) is 17.7 Å². The summed E-state index contributed by atoms with van der Waals surface area (Å²) >= 11 is 7.45. The smallest absolute Gasteiger partial charge is 0.0929 e. The van der Waals surface area contributed by atoms with Crippen molar-refractivity contribution in [1.29, 1.82) is 0 Å². The van der Waals surface area contributed by atoms with Crippen LogP contribution in [0, 0.1) is 5.92 Å². The summed E-state index contributed by atoms with van der Waals surface area (Å²) in [5.41, 5.74) is 0.999. The van der Waals surface area contributed by atoms with Crippen molar-refractivity contribution in [2.75, 3.05) is 6.61 Å². The lowest BCUT2D eigenvalue weighted by atomic mass is 9.88. The first kappa shape index (κ1) is 14.3. The van der Waals surface area contributed by atoms with Crippen molar-refractivity contribution in [3.8, 4) is 0 Å². The summed E-state index contributed by atoms with van der Waals surface area (Å²) in [5.74, 6) is 1.26. The van der Waals surface area contributed by atoms with Crippen molar-refractivity contribution in [3.63, 3.8) is 0 Å². The summed E-state index contributed by atoms with van der Waals surface area (Å²) < 4.78 is 6.00. The van der Waals surface area contributed by atoms with Gasteiger partial charge in [0.2, 0.25) is 0 Å². The predicted octanol–water partition coefficient (Wildman–Crippen LogP) is 4.41. The average molecular weight is 288 g/mol. The van der Waals surface area contributed by atoms with Crippen molar-refractivity contribution >= 4 is 22.9 Å². The van der Waals surface area contributed by atoms with Crippen LogP contribution < -0.4 is 0 Å². The van der Waals surface area contributed by atoms with E-state index in [-0.39, 0.29) is 0 Å². The summed E-state index contributed by atoms with van der Waals surface area (Å²) in [6, 6.07) is 0. The minimum Gasteiger partial charge on any atom is -0.378 e. The second-order valence-electron chi connectivity index (χ2n) is 5.14. The van der Waals surface area contributed by atoms with Crippen LogP contribution in [0.25, 0.3) is 0 Å². The fraction of sp³-hybridized carbons (Fsp3) is 0.786. The van der Waals surface area contributed by atoms with Crippen LogP contribution in [0.4, 0.5) is 0 Å². The zero-order chi connectivity index (χ0) is 12.8. The monoisotopic (exact) mass is 287 g/mol. The fourth-order valence-corrected chi connectivity index (χ4v) is 3.58. The maximum absolute atomic E-state index is 6.00. The maximum Gasteiger partial charge on any atom is 0.0929 e. The molecule has 1 aliphatic carbocycles. The standard InChI is InChI=1S/C14H22ClNOS/c1-11-5-2-3-6-13(11)17-8-4-7-14-16-12(9-15)10-18-14/h10-11,13H,2-9H2,1H3. The summed E-state index contributed by atoms with van der Waals surface area (Å²) in [4.78, 5) is 4.46. The van der Waals surface area contributed by atoms with Crippen LogP contribution in [0.3, 0.4) is 0 Å². The molecule has 1 heterocycles. The molecule has 2 atom stereocenters. The first-order chi connectivity index (χ1) is 8.79. The lowest BCUT2D eigenvalue weighted by molar-refractivity contribution is -0.00579. The third kappa shape index (κ3) is 4.22. The molecule has 2 rings (SSSR count). The molecule has 0 aromatic carbocycles. The fourth-order valence-electron chi connectivity index (χ4n) is 2.51. The van der Waals surface area contributed by atoms with Crippen molar-refractivity contribution in [3.05, 3.63) is 16.1 Å². The van der Waals surface area contributed by atoms with E-state index in [2.05, 4.69) is 11.9 Å². The Bertz CT molecular complexity index is 355. The molecule has 0 bridgehead atoms. The number of rotatable bonds is 6. The van der Waals surface area contributed by atoms with Gasteiger partial charge in [-0.05, 0) is 25.2 Å². The molecule has 0 aliphatic heterocycles. The second-order valence-corrected chi connectivity index (χ2v) is 6.35. The molecule has 0 N–H and O–H groups in total. The summed E-state index contributed by atoms with van der Waals surface area (Å²) in [5, 5.41) is 3.23. The highest BCUT2D eigenvalue weighted by atomic mass is 35.5. The van der Waals surface area contributed by atoms with Crippen molar-refractivity contribution < 1.29 is 4.74 Å². The van der Waals surface area contributed by atoms with E-state index in [1.54, 1.807) is 11.3 Å². The van der Waals surface area contributed by atoms with Crippen LogP contribution in [0.15, 0.2) is 5.38 Å². The summed E-state index contributed by atoms with van der Waals surface area (Å²) in [6.45, 7) is 3.18. The SMILES string of the molecule is CC1CCCCC1OCCCc1nc(CCl)cs1. The highest BCUT2D eigenvalue weighted by Gasteiger charge is 2.21. The molecule has 1 fully saturated rings. The molecule has 2 unspecified atom stereocenters. The third-order valence-electron chi connectivity index (χ3n) is 3.64. The topological polar surface area (TPSA) is 22.1 Å². The number of nitrogens with zero attached hydrogens (tertiary/aromatic N) is 1. The maximum atomic E-state index is 6.00. The second kappa shape index (κ2) is 7.46. The lowest BCUT2D eigenvalue weighted by Crippen LogP contribution is -2.26. The Morgan fingerprint density at radius 1 is 1.44 bits per heavy atom. The Morgan fingerprint density at radius 3 is 3.00 bits per heavy atom.